The minimum Gasteiger partial charge on any atom is -0.466 e. The van der Waals surface area contributed by atoms with Crippen LogP contribution in [0.2, 0.25) is 0 Å². The summed E-state index contributed by atoms with van der Waals surface area (Å²) >= 11 is 0. The van der Waals surface area contributed by atoms with Crippen molar-refractivity contribution in [2.24, 2.45) is 0 Å². The molecule has 0 amide bonds. The number of fused-ring (bicyclic) bond motifs is 1. The Hall–Kier alpha value is -1.84. The van der Waals surface area contributed by atoms with Gasteiger partial charge in [-0.1, -0.05) is 6.07 Å². The van der Waals surface area contributed by atoms with Gasteiger partial charge < -0.3 is 9.47 Å². The van der Waals surface area contributed by atoms with Crippen LogP contribution in [0.25, 0.3) is 0 Å². The lowest BCUT2D eigenvalue weighted by molar-refractivity contribution is -0.161. The van der Waals surface area contributed by atoms with E-state index in [-0.39, 0.29) is 0 Å². The lowest BCUT2D eigenvalue weighted by Crippen LogP contribution is -2.46. The Kier molecular flexibility index (Phi) is 2.89. The number of esters is 2. The maximum Gasteiger partial charge on any atom is 0.350 e. The molecular weight excluding hydrogens is 232 g/mol. The molecule has 1 heterocycles. The SMILES string of the molecule is COC(=O)C1(C)Cc2c(C)cc(C)cc2C(=O)O1. The highest BCUT2D eigenvalue weighted by atomic mass is 16.6. The fourth-order valence-electron chi connectivity index (χ4n) is 2.38. The molecule has 1 aliphatic heterocycles. The number of hydrogen-bond donors (Lipinski definition) is 0. The summed E-state index contributed by atoms with van der Waals surface area (Å²) in [4.78, 5) is 23.7. The summed E-state index contributed by atoms with van der Waals surface area (Å²) in [6, 6.07) is 3.79. The molecule has 0 bridgehead atoms. The lowest BCUT2D eigenvalue weighted by Gasteiger charge is -2.32. The molecule has 1 aliphatic rings. The standard InChI is InChI=1S/C14H16O4/c1-8-5-9(2)11-7-14(3,13(16)17-4)18-12(15)10(11)6-8/h5-6H,7H2,1-4H3. The third-order valence-electron chi connectivity index (χ3n) is 3.29. The van der Waals surface area contributed by atoms with Crippen LogP contribution in [0.15, 0.2) is 12.1 Å². The van der Waals surface area contributed by atoms with Crippen LogP contribution in [0.3, 0.4) is 0 Å². The third kappa shape index (κ3) is 1.88. The number of cyclic esters (lactones) is 1. The van der Waals surface area contributed by atoms with Crippen molar-refractivity contribution < 1.29 is 19.1 Å². The number of carbonyl (C=O) groups excluding carboxylic acids is 2. The van der Waals surface area contributed by atoms with E-state index in [4.69, 9.17) is 9.47 Å². The van der Waals surface area contributed by atoms with Gasteiger partial charge in [-0.25, -0.2) is 9.59 Å². The van der Waals surface area contributed by atoms with Gasteiger partial charge >= 0.3 is 11.9 Å². The maximum atomic E-state index is 12.0. The Morgan fingerprint density at radius 1 is 1.39 bits per heavy atom. The van der Waals surface area contributed by atoms with E-state index in [9.17, 15) is 9.59 Å². The van der Waals surface area contributed by atoms with Crippen LogP contribution in [0.5, 0.6) is 0 Å². The molecular formula is C14H16O4. The van der Waals surface area contributed by atoms with Gasteiger partial charge in [0.25, 0.3) is 0 Å². The first-order valence-corrected chi connectivity index (χ1v) is 5.79. The van der Waals surface area contributed by atoms with E-state index in [0.29, 0.717) is 12.0 Å². The summed E-state index contributed by atoms with van der Waals surface area (Å²) < 4.78 is 9.95. The van der Waals surface area contributed by atoms with E-state index >= 15 is 0 Å². The summed E-state index contributed by atoms with van der Waals surface area (Å²) in [5.74, 6) is -0.988. The van der Waals surface area contributed by atoms with Gasteiger partial charge in [0.15, 0.2) is 0 Å². The van der Waals surface area contributed by atoms with Gasteiger partial charge in [0.2, 0.25) is 5.60 Å². The van der Waals surface area contributed by atoms with Crippen molar-refractivity contribution in [3.05, 3.63) is 34.4 Å². The number of carbonyl (C=O) groups is 2. The summed E-state index contributed by atoms with van der Waals surface area (Å²) in [5, 5.41) is 0. The Morgan fingerprint density at radius 2 is 2.06 bits per heavy atom. The van der Waals surface area contributed by atoms with Crippen molar-refractivity contribution in [1.82, 2.24) is 0 Å². The molecule has 4 nitrogen and oxygen atoms in total. The highest BCUT2D eigenvalue weighted by Crippen LogP contribution is 2.31. The van der Waals surface area contributed by atoms with E-state index in [0.717, 1.165) is 16.7 Å². The molecule has 4 heteroatoms. The highest BCUT2D eigenvalue weighted by Gasteiger charge is 2.44. The van der Waals surface area contributed by atoms with E-state index in [1.54, 1.807) is 13.0 Å². The predicted molar refractivity (Wildman–Crippen MR) is 65.5 cm³/mol. The molecule has 1 aromatic rings. The molecule has 96 valence electrons. The zero-order valence-electron chi connectivity index (χ0n) is 11.0. The molecule has 1 aromatic carbocycles. The van der Waals surface area contributed by atoms with Crippen molar-refractivity contribution >= 4 is 11.9 Å². The van der Waals surface area contributed by atoms with E-state index in [1.165, 1.54) is 7.11 Å². The van der Waals surface area contributed by atoms with E-state index < -0.39 is 17.5 Å². The molecule has 18 heavy (non-hydrogen) atoms. The van der Waals surface area contributed by atoms with Crippen LogP contribution in [-0.4, -0.2) is 24.6 Å². The zero-order chi connectivity index (χ0) is 13.5. The smallest absolute Gasteiger partial charge is 0.350 e. The first-order valence-electron chi connectivity index (χ1n) is 5.79. The van der Waals surface area contributed by atoms with Crippen molar-refractivity contribution in [2.75, 3.05) is 7.11 Å². The van der Waals surface area contributed by atoms with Crippen molar-refractivity contribution in [2.45, 2.75) is 32.8 Å². The Morgan fingerprint density at radius 3 is 2.67 bits per heavy atom. The van der Waals surface area contributed by atoms with Gasteiger partial charge in [0.05, 0.1) is 12.7 Å². The van der Waals surface area contributed by atoms with E-state index in [2.05, 4.69) is 0 Å². The molecule has 0 spiro atoms. The van der Waals surface area contributed by atoms with Crippen molar-refractivity contribution in [3.8, 4) is 0 Å². The van der Waals surface area contributed by atoms with Crippen LogP contribution in [0.1, 0.15) is 34.0 Å². The molecule has 0 N–H and O–H groups in total. The quantitative estimate of drug-likeness (QED) is 0.713. The second kappa shape index (κ2) is 4.12. The molecule has 0 aliphatic carbocycles. The summed E-state index contributed by atoms with van der Waals surface area (Å²) in [5.41, 5.74) is 2.19. The number of methoxy groups -OCH3 is 1. The Labute approximate surface area is 106 Å². The molecule has 1 atom stereocenters. The monoisotopic (exact) mass is 248 g/mol. The van der Waals surface area contributed by atoms with Gasteiger partial charge in [0, 0.05) is 6.42 Å². The summed E-state index contributed by atoms with van der Waals surface area (Å²) in [6.45, 7) is 5.44. The molecule has 0 radical (unpaired) electrons. The Bertz CT molecular complexity index is 533. The van der Waals surface area contributed by atoms with E-state index in [1.807, 2.05) is 19.9 Å². The minimum atomic E-state index is -1.22. The second-order valence-electron chi connectivity index (χ2n) is 4.90. The van der Waals surface area contributed by atoms with Crippen LogP contribution in [-0.2, 0) is 20.7 Å². The predicted octanol–water partition coefficient (Wildman–Crippen LogP) is 1.95. The maximum absolute atomic E-state index is 12.0. The fraction of sp³-hybridized carbons (Fsp3) is 0.429. The summed E-state index contributed by atoms with van der Waals surface area (Å²) in [6.07, 6.45) is 0.354. The third-order valence-corrected chi connectivity index (χ3v) is 3.29. The zero-order valence-corrected chi connectivity index (χ0v) is 11.0. The first-order chi connectivity index (χ1) is 8.37. The lowest BCUT2D eigenvalue weighted by atomic mass is 9.86. The molecule has 0 fully saturated rings. The largest absolute Gasteiger partial charge is 0.466 e. The number of hydrogen-bond acceptors (Lipinski definition) is 4. The number of ether oxygens (including phenoxy) is 2. The molecule has 0 saturated heterocycles. The second-order valence-corrected chi connectivity index (χ2v) is 4.90. The first kappa shape index (κ1) is 12.6. The summed E-state index contributed by atoms with van der Waals surface area (Å²) in [7, 11) is 1.29. The van der Waals surface area contributed by atoms with Crippen LogP contribution in [0, 0.1) is 13.8 Å². The van der Waals surface area contributed by atoms with Gasteiger partial charge in [-0.2, -0.15) is 0 Å². The van der Waals surface area contributed by atoms with Crippen LogP contribution >= 0.6 is 0 Å². The molecule has 1 unspecified atom stereocenters. The number of rotatable bonds is 1. The van der Waals surface area contributed by atoms with Gasteiger partial charge in [-0.15, -0.1) is 0 Å². The van der Waals surface area contributed by atoms with Gasteiger partial charge in [-0.3, -0.25) is 0 Å². The molecule has 0 aromatic heterocycles. The van der Waals surface area contributed by atoms with Gasteiger partial charge in [0.1, 0.15) is 0 Å². The fourth-order valence-corrected chi connectivity index (χ4v) is 2.38. The Balaban J connectivity index is 2.52. The van der Waals surface area contributed by atoms with Crippen molar-refractivity contribution in [1.29, 1.82) is 0 Å². The average molecular weight is 248 g/mol. The minimum absolute atomic E-state index is 0.354. The average Bonchev–Trinajstić information content (AvgIpc) is 2.30. The van der Waals surface area contributed by atoms with Gasteiger partial charge in [-0.05, 0) is 43.5 Å². The van der Waals surface area contributed by atoms with Crippen LogP contribution < -0.4 is 0 Å². The molecule has 0 saturated carbocycles. The number of aryl methyl sites for hydroxylation is 2. The number of benzene rings is 1. The topological polar surface area (TPSA) is 52.6 Å². The highest BCUT2D eigenvalue weighted by molar-refractivity contribution is 5.96. The molecule has 2 rings (SSSR count). The normalized spacial score (nSPS) is 22.1. The van der Waals surface area contributed by atoms with Crippen molar-refractivity contribution in [3.63, 3.8) is 0 Å². The van der Waals surface area contributed by atoms with Crippen LogP contribution in [0.4, 0.5) is 0 Å².